The Morgan fingerprint density at radius 2 is 0.458 bits per heavy atom. The Balaban J connectivity index is 0.000000145. The van der Waals surface area contributed by atoms with Gasteiger partial charge < -0.3 is 24.7 Å². The summed E-state index contributed by atoms with van der Waals surface area (Å²) in [6.07, 6.45) is 0. The number of hydrogen-bond acceptors (Lipinski definition) is 13. The average Bonchev–Trinajstić information content (AvgIpc) is 0.693. The van der Waals surface area contributed by atoms with Gasteiger partial charge in [-0.1, -0.05) is 218 Å². The van der Waals surface area contributed by atoms with E-state index in [0.29, 0.717) is 38.7 Å². The van der Waals surface area contributed by atoms with Crippen molar-refractivity contribution in [3.8, 4) is 46.5 Å². The van der Waals surface area contributed by atoms with Crippen molar-refractivity contribution in [2.24, 2.45) is 0 Å². The van der Waals surface area contributed by atoms with E-state index in [0.717, 1.165) is 169 Å². The summed E-state index contributed by atoms with van der Waals surface area (Å²) in [6, 6.07) is 128. The van der Waals surface area contributed by atoms with Gasteiger partial charge in [0.1, 0.15) is 24.3 Å². The minimum atomic E-state index is -1.45. The molecule has 0 aliphatic rings. The average molecular weight is 1640 g/mol. The number of aromatic nitrogens is 4. The fraction of sp³-hybridized carbons (Fsp3) is 0. The molecule has 0 unspecified atom stereocenters. The maximum Gasteiger partial charge on any atom is 0.488 e. The number of hydrogen-bond donors (Lipinski definition) is 2. The molecule has 552 valence electrons. The second-order valence-corrected chi connectivity index (χ2v) is 30.0. The van der Waals surface area contributed by atoms with Crippen LogP contribution in [0.3, 0.4) is 0 Å². The second-order valence-electron chi connectivity index (χ2n) is 28.4. The van der Waals surface area contributed by atoms with Gasteiger partial charge in [-0.05, 0) is 215 Å². The molecule has 118 heavy (non-hydrogen) atoms. The second kappa shape index (κ2) is 30.9. The van der Waals surface area contributed by atoms with Crippen LogP contribution < -0.4 is 20.2 Å². The molecule has 2 heterocycles. The van der Waals surface area contributed by atoms with E-state index in [-0.39, 0.29) is 11.1 Å². The Labute approximate surface area is 694 Å². The smallest absolute Gasteiger partial charge is 0.423 e. The van der Waals surface area contributed by atoms with Crippen molar-refractivity contribution < 1.29 is 10.0 Å². The molecule has 0 atom stereocenters. The van der Waals surface area contributed by atoms with E-state index < -0.39 is 7.12 Å². The molecule has 0 aliphatic heterocycles. The molecule has 2 aromatic heterocycles. The van der Waals surface area contributed by atoms with E-state index >= 15 is 0 Å². The van der Waals surface area contributed by atoms with Crippen LogP contribution in [0.1, 0.15) is 22.3 Å². The molecule has 19 aromatic carbocycles. The lowest BCUT2D eigenvalue weighted by Gasteiger charge is -2.27. The molecule has 0 radical (unpaired) electrons. The largest absolute Gasteiger partial charge is 0.488 e. The lowest BCUT2D eigenvalue weighted by atomic mass is 9.80. The molecule has 21 rings (SSSR count). The molecule has 0 bridgehead atoms. The van der Waals surface area contributed by atoms with Crippen LogP contribution in [0.4, 0.5) is 51.2 Å². The first-order valence-corrected chi connectivity index (χ1v) is 39.7. The summed E-state index contributed by atoms with van der Waals surface area (Å²) in [5, 5.41) is 69.9. The minimum Gasteiger partial charge on any atom is -0.423 e. The molecule has 0 spiro atoms. The van der Waals surface area contributed by atoms with Crippen molar-refractivity contribution in [3.63, 3.8) is 0 Å². The number of nitriles is 4. The Morgan fingerprint density at radius 3 is 0.695 bits per heavy atom. The standard InChI is InChI=1S/C60H36N6.C24H8Br2N4.C18H16BNO2/c61-37-41-35-53-54(36-42(41)38-62)64-60-52-26-14-24-50-56(40-29-33-48(34-30-40)66(45-19-9-3-10-20-45)46-21-11-4-12-22-46)55(49-23-13-25-51(59(60)63-53)57(49)58(50)52)39-27-31-47(32-28-39)65(43-15-5-1-6-16-43)44-17-7-2-8-18-44;25-21-13-3-1-5-15-19(13)20-14(22(21)26)4-2-6-16(20)24-23(15)29-17-7-11(9-27)12(10-28)8-18(17)30-24;21-19(22)15-11-13-18(14-12-15)20(16-7-3-1-4-8-16)17-9-5-2-6-10-17/h1-36H;1-8H;1-14,21-22H. The zero-order chi connectivity index (χ0) is 80.1. The van der Waals surface area contributed by atoms with Crippen molar-refractivity contribution in [2.45, 2.75) is 0 Å². The maximum atomic E-state index is 9.92. The van der Waals surface area contributed by atoms with Crippen LogP contribution in [-0.2, 0) is 0 Å². The third-order valence-electron chi connectivity index (χ3n) is 21.7. The molecular formula is C102H60BBr2N11O2. The van der Waals surface area contributed by atoms with Gasteiger partial charge in [-0.15, -0.1) is 0 Å². The first-order chi connectivity index (χ1) is 58.0. The first-order valence-electron chi connectivity index (χ1n) is 38.1. The summed E-state index contributed by atoms with van der Waals surface area (Å²) in [7, 11) is -1.45. The fourth-order valence-electron chi connectivity index (χ4n) is 16.4. The number of para-hydroxylation sites is 6. The molecule has 0 aliphatic carbocycles. The van der Waals surface area contributed by atoms with Crippen molar-refractivity contribution >= 4 is 204 Å². The molecular weight excluding hydrogens is 1580 g/mol. The minimum absolute atomic E-state index is 0.283. The maximum absolute atomic E-state index is 9.92. The third-order valence-corrected chi connectivity index (χ3v) is 23.9. The molecule has 16 heteroatoms. The number of nitrogens with zero attached hydrogens (tertiary/aromatic N) is 11. The van der Waals surface area contributed by atoms with Gasteiger partial charge in [-0.3, -0.25) is 0 Å². The van der Waals surface area contributed by atoms with Gasteiger partial charge in [0.05, 0.1) is 66.4 Å². The topological polar surface area (TPSA) is 197 Å². The lowest BCUT2D eigenvalue weighted by Crippen LogP contribution is -2.29. The summed E-state index contributed by atoms with van der Waals surface area (Å²) < 4.78 is 2.01. The number of fused-ring (bicyclic) bond motifs is 8. The van der Waals surface area contributed by atoms with Gasteiger partial charge in [0.15, 0.2) is 0 Å². The number of halogens is 2. The van der Waals surface area contributed by atoms with E-state index in [4.69, 9.17) is 19.9 Å². The monoisotopic (exact) mass is 1640 g/mol. The lowest BCUT2D eigenvalue weighted by molar-refractivity contribution is 0.426. The van der Waals surface area contributed by atoms with Gasteiger partial charge in [0.2, 0.25) is 0 Å². The van der Waals surface area contributed by atoms with Crippen molar-refractivity contribution in [3.05, 3.63) is 383 Å². The molecule has 0 fully saturated rings. The fourth-order valence-corrected chi connectivity index (χ4v) is 17.5. The number of anilines is 9. The molecule has 0 amide bonds. The van der Waals surface area contributed by atoms with E-state index in [9.17, 15) is 31.1 Å². The predicted molar refractivity (Wildman–Crippen MR) is 487 cm³/mol. The molecule has 21 aromatic rings. The predicted octanol–water partition coefficient (Wildman–Crippen LogP) is 25.5. The van der Waals surface area contributed by atoms with Crippen LogP contribution in [-0.4, -0.2) is 37.1 Å². The van der Waals surface area contributed by atoms with Crippen LogP contribution >= 0.6 is 31.9 Å². The van der Waals surface area contributed by atoms with Gasteiger partial charge in [-0.2, -0.15) is 21.0 Å². The van der Waals surface area contributed by atoms with E-state index in [1.165, 1.54) is 0 Å². The molecule has 2 N–H and O–H groups in total. The Kier molecular flexibility index (Phi) is 19.1. The van der Waals surface area contributed by atoms with Crippen molar-refractivity contribution in [2.75, 3.05) is 14.7 Å². The molecule has 0 saturated carbocycles. The highest BCUT2D eigenvalue weighted by Crippen LogP contribution is 2.52. The Hall–Kier alpha value is -15.2. The van der Waals surface area contributed by atoms with Gasteiger partial charge in [0, 0.05) is 103 Å². The highest BCUT2D eigenvalue weighted by molar-refractivity contribution is 9.13. The van der Waals surface area contributed by atoms with E-state index in [2.05, 4.69) is 277 Å². The van der Waals surface area contributed by atoms with Gasteiger partial charge >= 0.3 is 7.12 Å². The molecule has 0 saturated heterocycles. The zero-order valence-electron chi connectivity index (χ0n) is 62.6. The van der Waals surface area contributed by atoms with Crippen LogP contribution in [0.2, 0.25) is 0 Å². The van der Waals surface area contributed by atoms with Crippen LogP contribution in [0.5, 0.6) is 0 Å². The summed E-state index contributed by atoms with van der Waals surface area (Å²) in [4.78, 5) is 27.0. The number of rotatable bonds is 12. The number of benzene rings is 19. The summed E-state index contributed by atoms with van der Waals surface area (Å²) in [6.45, 7) is 0. The van der Waals surface area contributed by atoms with E-state index in [1.807, 2.05) is 109 Å². The highest BCUT2D eigenvalue weighted by Gasteiger charge is 2.27. The van der Waals surface area contributed by atoms with Crippen LogP contribution in [0.15, 0.2) is 361 Å². The summed E-state index contributed by atoms with van der Waals surface area (Å²) >= 11 is 7.50. The van der Waals surface area contributed by atoms with Crippen LogP contribution in [0, 0.1) is 45.3 Å². The molecule has 13 nitrogen and oxygen atoms in total. The van der Waals surface area contributed by atoms with Crippen molar-refractivity contribution in [1.82, 2.24) is 19.9 Å². The van der Waals surface area contributed by atoms with Gasteiger partial charge in [0.25, 0.3) is 0 Å². The van der Waals surface area contributed by atoms with Crippen molar-refractivity contribution in [1.29, 1.82) is 21.0 Å². The summed E-state index contributed by atoms with van der Waals surface area (Å²) in [5.41, 5.74) is 20.9. The first kappa shape index (κ1) is 73.0. The zero-order valence-corrected chi connectivity index (χ0v) is 65.8. The van der Waals surface area contributed by atoms with E-state index in [1.54, 1.807) is 36.4 Å². The normalized spacial score (nSPS) is 11.2. The van der Waals surface area contributed by atoms with Crippen LogP contribution in [0.25, 0.3) is 131 Å². The third kappa shape index (κ3) is 12.9. The quantitative estimate of drug-likeness (QED) is 0.0666. The Bertz CT molecular complexity index is 7140. The highest BCUT2D eigenvalue weighted by atomic mass is 79.9. The Morgan fingerprint density at radius 1 is 0.246 bits per heavy atom. The van der Waals surface area contributed by atoms with Gasteiger partial charge in [-0.25, -0.2) is 19.9 Å². The SMILES string of the molecule is N#Cc1cc2nc3c4cccc5c(-c6ccc(N(c7ccccc7)c7ccccc7)cc6)c(-c6ccc(N(c7ccccc7)c7ccccc7)cc6)c6cccc(c3nc2cc1C#N)c6c54.N#Cc1cc2nc3c4cccc5c(Br)c(Br)c6cccc(c3nc2cc1C#N)c6c54.OB(O)c1ccc(N(c2ccccc2)c2ccccc2)cc1. The summed E-state index contributed by atoms with van der Waals surface area (Å²) in [5.74, 6) is 0.